The number of aliphatic hydroxyl groups excluding tert-OH is 1. The van der Waals surface area contributed by atoms with Gasteiger partial charge >= 0.3 is 0 Å². The molecule has 10 heteroatoms. The first-order chi connectivity index (χ1) is 20.5. The standard InChI is InChI=1S/C33H38FIN2O5Si/c1-22-31(43(3,4)34)29(19-30(39)36(15-16-38)20-23-9-6-5-7-10-23)42-33(22)27-18-26(41-2)13-14-28(27)37(32(33)40)21-24-11-8-12-25(35)17-24/h5-14,17-18,22,29,31,38H,15-16,19-21H2,1-4H3/t22-,29+,31-,33+/m0/s1. The number of methoxy groups -OCH3 is 1. The van der Waals surface area contributed by atoms with E-state index >= 15 is 4.11 Å². The van der Waals surface area contributed by atoms with Crippen LogP contribution in [0.1, 0.15) is 30.0 Å². The van der Waals surface area contributed by atoms with Crippen LogP contribution < -0.4 is 9.64 Å². The van der Waals surface area contributed by atoms with Gasteiger partial charge in [0.05, 0.1) is 38.5 Å². The lowest BCUT2D eigenvalue weighted by atomic mass is 9.82. The van der Waals surface area contributed by atoms with E-state index in [1.807, 2.05) is 79.7 Å². The zero-order valence-corrected chi connectivity index (χ0v) is 28.1. The highest BCUT2D eigenvalue weighted by Crippen LogP contribution is 2.60. The summed E-state index contributed by atoms with van der Waals surface area (Å²) in [5, 5.41) is 9.74. The fraction of sp³-hybridized carbons (Fsp3) is 0.394. The van der Waals surface area contributed by atoms with Crippen molar-refractivity contribution in [1.29, 1.82) is 0 Å². The van der Waals surface area contributed by atoms with Gasteiger partial charge in [-0.25, -0.2) is 0 Å². The summed E-state index contributed by atoms with van der Waals surface area (Å²) in [7, 11) is -1.89. The quantitative estimate of drug-likeness (QED) is 0.158. The van der Waals surface area contributed by atoms with Crippen LogP contribution in [0.3, 0.4) is 0 Å². The van der Waals surface area contributed by atoms with Gasteiger partial charge in [-0.1, -0.05) is 49.4 Å². The summed E-state index contributed by atoms with van der Waals surface area (Å²) in [4.78, 5) is 31.6. The summed E-state index contributed by atoms with van der Waals surface area (Å²) in [6.45, 7) is 5.73. The van der Waals surface area contributed by atoms with Crippen molar-refractivity contribution in [2.45, 2.75) is 56.8 Å². The highest BCUT2D eigenvalue weighted by Gasteiger charge is 2.67. The number of aliphatic hydroxyl groups is 1. The average Bonchev–Trinajstić information content (AvgIpc) is 3.39. The molecule has 228 valence electrons. The number of ether oxygens (including phenoxy) is 2. The van der Waals surface area contributed by atoms with Crippen LogP contribution in [0.5, 0.6) is 5.75 Å². The molecule has 5 rings (SSSR count). The molecular weight excluding hydrogens is 678 g/mol. The van der Waals surface area contributed by atoms with Crippen molar-refractivity contribution >= 4 is 48.5 Å². The molecule has 0 unspecified atom stereocenters. The van der Waals surface area contributed by atoms with Gasteiger partial charge in [-0.2, -0.15) is 0 Å². The number of benzene rings is 3. The molecule has 1 spiro atoms. The predicted molar refractivity (Wildman–Crippen MR) is 175 cm³/mol. The van der Waals surface area contributed by atoms with Crippen LogP contribution in [0.4, 0.5) is 9.80 Å². The molecule has 4 atom stereocenters. The van der Waals surface area contributed by atoms with Gasteiger partial charge in [-0.15, -0.1) is 0 Å². The Morgan fingerprint density at radius 1 is 1.12 bits per heavy atom. The predicted octanol–water partition coefficient (Wildman–Crippen LogP) is 6.03. The van der Waals surface area contributed by atoms with Crippen molar-refractivity contribution in [2.75, 3.05) is 25.2 Å². The monoisotopic (exact) mass is 716 g/mol. The number of halogens is 2. The molecule has 0 radical (unpaired) electrons. The smallest absolute Gasteiger partial charge is 0.264 e. The second-order valence-corrected chi connectivity index (χ2v) is 16.9. The van der Waals surface area contributed by atoms with Crippen LogP contribution >= 0.6 is 22.6 Å². The summed E-state index contributed by atoms with van der Waals surface area (Å²) in [5.74, 6) is -0.460. The molecule has 2 aliphatic heterocycles. The molecule has 3 aromatic rings. The molecule has 2 aliphatic rings. The van der Waals surface area contributed by atoms with Crippen molar-refractivity contribution in [3.8, 4) is 5.75 Å². The van der Waals surface area contributed by atoms with Gasteiger partial charge in [0.2, 0.25) is 14.3 Å². The number of rotatable bonds is 10. The maximum atomic E-state index is 16.3. The van der Waals surface area contributed by atoms with Crippen LogP contribution in [0.15, 0.2) is 72.8 Å². The molecule has 0 saturated carbocycles. The van der Waals surface area contributed by atoms with E-state index in [0.717, 1.165) is 14.7 Å². The number of nitrogens with zero attached hydrogens (tertiary/aromatic N) is 2. The second-order valence-electron chi connectivity index (χ2n) is 11.9. The summed E-state index contributed by atoms with van der Waals surface area (Å²) >= 11 is 2.25. The summed E-state index contributed by atoms with van der Waals surface area (Å²) in [6, 6.07) is 23.0. The number of anilines is 1. The molecule has 43 heavy (non-hydrogen) atoms. The van der Waals surface area contributed by atoms with Gasteiger partial charge in [-0.3, -0.25) is 9.59 Å². The first kappa shape index (κ1) is 31.6. The van der Waals surface area contributed by atoms with Gasteiger partial charge in [0, 0.05) is 33.7 Å². The topological polar surface area (TPSA) is 79.3 Å². The van der Waals surface area contributed by atoms with E-state index in [2.05, 4.69) is 22.6 Å². The summed E-state index contributed by atoms with van der Waals surface area (Å²) < 4.78 is 29.6. The number of fused-ring (bicyclic) bond motifs is 2. The summed E-state index contributed by atoms with van der Waals surface area (Å²) in [6.07, 6.45) is -0.903. The minimum absolute atomic E-state index is 0.0899. The fourth-order valence-electron chi connectivity index (χ4n) is 6.85. The Bertz CT molecular complexity index is 1490. The van der Waals surface area contributed by atoms with E-state index in [0.29, 0.717) is 30.1 Å². The second kappa shape index (κ2) is 12.7. The Hall–Kier alpha value is -2.80. The Balaban J connectivity index is 1.52. The third-order valence-corrected chi connectivity index (χ3v) is 11.8. The van der Waals surface area contributed by atoms with E-state index in [-0.39, 0.29) is 31.4 Å². The molecule has 2 heterocycles. The largest absolute Gasteiger partial charge is 0.497 e. The van der Waals surface area contributed by atoms with Crippen LogP contribution in [-0.2, 0) is 33.0 Å². The number of hydrogen-bond donors (Lipinski definition) is 1. The normalized spacial score (nSPS) is 23.1. The van der Waals surface area contributed by atoms with Crippen LogP contribution in [0.25, 0.3) is 0 Å². The zero-order chi connectivity index (χ0) is 30.9. The molecule has 0 aliphatic carbocycles. The Morgan fingerprint density at radius 3 is 2.49 bits per heavy atom. The Kier molecular flexibility index (Phi) is 9.31. The van der Waals surface area contributed by atoms with Crippen molar-refractivity contribution in [1.82, 2.24) is 4.90 Å². The molecule has 0 bridgehead atoms. The van der Waals surface area contributed by atoms with Crippen LogP contribution in [-0.4, -0.2) is 56.6 Å². The first-order valence-electron chi connectivity index (χ1n) is 14.5. The number of carbonyl (C=O) groups excluding carboxylic acids is 2. The van der Waals surface area contributed by atoms with Crippen LogP contribution in [0.2, 0.25) is 18.6 Å². The molecule has 1 fully saturated rings. The zero-order valence-electron chi connectivity index (χ0n) is 24.9. The first-order valence-corrected chi connectivity index (χ1v) is 18.6. The van der Waals surface area contributed by atoms with E-state index in [1.165, 1.54) is 0 Å². The lowest BCUT2D eigenvalue weighted by Crippen LogP contribution is -2.45. The lowest BCUT2D eigenvalue weighted by molar-refractivity contribution is -0.150. The molecule has 1 N–H and O–H groups in total. The van der Waals surface area contributed by atoms with E-state index < -0.39 is 31.6 Å². The third kappa shape index (κ3) is 6.11. The van der Waals surface area contributed by atoms with Crippen molar-refractivity contribution in [2.24, 2.45) is 5.92 Å². The van der Waals surface area contributed by atoms with Gasteiger partial charge in [0.1, 0.15) is 5.75 Å². The van der Waals surface area contributed by atoms with Crippen LogP contribution in [0, 0.1) is 9.49 Å². The molecule has 7 nitrogen and oxygen atoms in total. The SMILES string of the molecule is COc1ccc2c(c1)[C@@]1(O[C@H](CC(=O)N(CCO)Cc3ccccc3)[C@@H]([Si](C)(C)F)[C@@H]1C)C(=O)N2Cc1cccc(I)c1. The molecule has 1 saturated heterocycles. The highest BCUT2D eigenvalue weighted by molar-refractivity contribution is 14.1. The van der Waals surface area contributed by atoms with Gasteiger partial charge in [-0.05, 0) is 77.1 Å². The van der Waals surface area contributed by atoms with Gasteiger partial charge < -0.3 is 28.5 Å². The number of hydrogen-bond acceptors (Lipinski definition) is 5. The molecular formula is C33H38FIN2O5Si. The van der Waals surface area contributed by atoms with E-state index in [1.54, 1.807) is 30.0 Å². The maximum Gasteiger partial charge on any atom is 0.264 e. The number of carbonyl (C=O) groups is 2. The van der Waals surface area contributed by atoms with E-state index in [9.17, 15) is 14.7 Å². The van der Waals surface area contributed by atoms with Crippen molar-refractivity contribution < 1.29 is 28.3 Å². The fourth-order valence-corrected chi connectivity index (χ4v) is 9.95. The highest BCUT2D eigenvalue weighted by atomic mass is 127. The average molecular weight is 717 g/mol. The third-order valence-electron chi connectivity index (χ3n) is 8.71. The Morgan fingerprint density at radius 2 is 1.84 bits per heavy atom. The van der Waals surface area contributed by atoms with E-state index in [4.69, 9.17) is 9.47 Å². The molecule has 2 amide bonds. The minimum atomic E-state index is -3.46. The van der Waals surface area contributed by atoms with Crippen molar-refractivity contribution in [3.05, 3.63) is 93.1 Å². The Labute approximate surface area is 267 Å². The number of amides is 2. The molecule has 3 aromatic carbocycles. The summed E-state index contributed by atoms with van der Waals surface area (Å²) in [5.41, 5.74) is 1.16. The van der Waals surface area contributed by atoms with Gasteiger partial charge in [0.15, 0.2) is 5.60 Å². The minimum Gasteiger partial charge on any atom is -0.497 e. The van der Waals surface area contributed by atoms with Gasteiger partial charge in [0.25, 0.3) is 5.91 Å². The maximum absolute atomic E-state index is 16.3. The van der Waals surface area contributed by atoms with Crippen molar-refractivity contribution in [3.63, 3.8) is 0 Å². The lowest BCUT2D eigenvalue weighted by Gasteiger charge is -2.31. The molecule has 0 aromatic heterocycles.